The predicted molar refractivity (Wildman–Crippen MR) is 125 cm³/mol. The van der Waals surface area contributed by atoms with Crippen molar-refractivity contribution in [2.75, 3.05) is 55.7 Å². The molecule has 4 rings (SSSR count). The van der Waals surface area contributed by atoms with Gasteiger partial charge in [0.1, 0.15) is 5.82 Å². The lowest BCUT2D eigenvalue weighted by Gasteiger charge is -2.34. The van der Waals surface area contributed by atoms with Crippen LogP contribution in [0.4, 0.5) is 29.8 Å². The summed E-state index contributed by atoms with van der Waals surface area (Å²) in [6.07, 6.45) is -2.32. The van der Waals surface area contributed by atoms with Crippen LogP contribution in [0.1, 0.15) is 48.5 Å². The quantitative estimate of drug-likeness (QED) is 0.539. The van der Waals surface area contributed by atoms with Crippen LogP contribution in [0.15, 0.2) is 22.7 Å². The molecule has 2 saturated heterocycles. The van der Waals surface area contributed by atoms with E-state index in [0.717, 1.165) is 12.8 Å². The van der Waals surface area contributed by atoms with Crippen molar-refractivity contribution in [3.8, 4) is 0 Å². The van der Waals surface area contributed by atoms with Crippen LogP contribution < -0.4 is 9.80 Å². The lowest BCUT2D eigenvalue weighted by atomic mass is 10.00. The van der Waals surface area contributed by atoms with Crippen molar-refractivity contribution in [1.29, 1.82) is 0 Å². The molecule has 2 aromatic heterocycles. The molecule has 0 radical (unpaired) electrons. The lowest BCUT2D eigenvalue weighted by Crippen LogP contribution is -2.49. The number of nitrogens with zero attached hydrogens (tertiary/aromatic N) is 5. The molecule has 9 nitrogen and oxygen atoms in total. The summed E-state index contributed by atoms with van der Waals surface area (Å²) in [7, 11) is 0. The number of rotatable bonds is 6. The fourth-order valence-corrected chi connectivity index (χ4v) is 4.33. The normalized spacial score (nSPS) is 17.4. The van der Waals surface area contributed by atoms with E-state index >= 15 is 0 Å². The number of pyridine rings is 1. The molecular weight excluding hydrogens is 479 g/mol. The smallest absolute Gasteiger partial charge is 0.437 e. The standard InChI is InChI=1S/C24H30F3N5O4/c1-3-35-23(34)32-12-10-30(11-13-32)19-5-4-17(15-28-19)14-18(33)20-21(24(25,26)27)29-22(36-20)31-8-6-16(2)7-9-31/h4-5,15-16H,3,6-14H2,1-2H3. The van der Waals surface area contributed by atoms with Crippen molar-refractivity contribution < 1.29 is 31.9 Å². The molecule has 36 heavy (non-hydrogen) atoms. The van der Waals surface area contributed by atoms with Gasteiger partial charge in [0.2, 0.25) is 11.5 Å². The molecule has 0 N–H and O–H groups in total. The van der Waals surface area contributed by atoms with Gasteiger partial charge >= 0.3 is 12.3 Å². The number of piperazine rings is 1. The summed E-state index contributed by atoms with van der Waals surface area (Å²) >= 11 is 0. The zero-order valence-corrected chi connectivity index (χ0v) is 20.4. The summed E-state index contributed by atoms with van der Waals surface area (Å²) < 4.78 is 51.3. The van der Waals surface area contributed by atoms with Gasteiger partial charge in [-0.1, -0.05) is 13.0 Å². The number of carbonyl (C=O) groups excluding carboxylic acids is 2. The molecule has 0 aliphatic carbocycles. The number of piperidine rings is 1. The average Bonchev–Trinajstić information content (AvgIpc) is 3.32. The van der Waals surface area contributed by atoms with Gasteiger partial charge < -0.3 is 23.9 Å². The molecule has 4 heterocycles. The largest absolute Gasteiger partial charge is 0.450 e. The van der Waals surface area contributed by atoms with Crippen molar-refractivity contribution >= 4 is 23.7 Å². The van der Waals surface area contributed by atoms with Crippen LogP contribution in [0.5, 0.6) is 0 Å². The predicted octanol–water partition coefficient (Wildman–Crippen LogP) is 4.03. The van der Waals surface area contributed by atoms with E-state index in [1.807, 2.05) is 4.90 Å². The summed E-state index contributed by atoms with van der Waals surface area (Å²) in [4.78, 5) is 38.0. The van der Waals surface area contributed by atoms with Crippen LogP contribution >= 0.6 is 0 Å². The van der Waals surface area contributed by atoms with Crippen molar-refractivity contribution in [3.63, 3.8) is 0 Å². The summed E-state index contributed by atoms with van der Waals surface area (Å²) in [6.45, 7) is 7.34. The third kappa shape index (κ3) is 5.90. The zero-order chi connectivity index (χ0) is 25.9. The van der Waals surface area contributed by atoms with Crippen LogP contribution in [-0.4, -0.2) is 72.6 Å². The highest BCUT2D eigenvalue weighted by Gasteiger charge is 2.42. The molecule has 0 aromatic carbocycles. The number of aromatic nitrogens is 2. The Morgan fingerprint density at radius 3 is 2.36 bits per heavy atom. The Kier molecular flexibility index (Phi) is 7.70. The number of carbonyl (C=O) groups is 2. The number of hydrogen-bond donors (Lipinski definition) is 0. The van der Waals surface area contributed by atoms with Crippen molar-refractivity contribution in [1.82, 2.24) is 14.9 Å². The molecule has 0 spiro atoms. The number of oxazole rings is 1. The SMILES string of the molecule is CCOC(=O)N1CCN(c2ccc(CC(=O)c3oc(N4CCC(C)CC4)nc3C(F)(F)F)cn2)CC1. The Hall–Kier alpha value is -3.31. The maximum Gasteiger partial charge on any atom is 0.437 e. The van der Waals surface area contributed by atoms with E-state index in [1.54, 1.807) is 28.9 Å². The fraction of sp³-hybridized carbons (Fsp3) is 0.583. The molecule has 2 aliphatic rings. The Labute approximate surface area is 207 Å². The number of halogens is 3. The van der Waals surface area contributed by atoms with Crippen LogP contribution in [0.25, 0.3) is 0 Å². The van der Waals surface area contributed by atoms with Gasteiger partial charge in [-0.15, -0.1) is 0 Å². The molecule has 2 fully saturated rings. The lowest BCUT2D eigenvalue weighted by molar-refractivity contribution is -0.141. The van der Waals surface area contributed by atoms with E-state index in [9.17, 15) is 22.8 Å². The molecule has 0 unspecified atom stereocenters. The van der Waals surface area contributed by atoms with E-state index in [1.165, 1.54) is 6.20 Å². The third-order valence-electron chi connectivity index (χ3n) is 6.50. The maximum atomic E-state index is 13.6. The highest BCUT2D eigenvalue weighted by atomic mass is 19.4. The molecule has 12 heteroatoms. The summed E-state index contributed by atoms with van der Waals surface area (Å²) in [5.41, 5.74) is -0.822. The molecule has 0 saturated carbocycles. The second kappa shape index (κ2) is 10.8. The Balaban J connectivity index is 1.41. The van der Waals surface area contributed by atoms with Crippen LogP contribution in [0.2, 0.25) is 0 Å². The van der Waals surface area contributed by atoms with Crippen molar-refractivity contribution in [2.45, 2.75) is 39.3 Å². The third-order valence-corrected chi connectivity index (χ3v) is 6.50. The summed E-state index contributed by atoms with van der Waals surface area (Å²) in [6, 6.07) is 3.22. The highest BCUT2D eigenvalue weighted by molar-refractivity contribution is 5.96. The van der Waals surface area contributed by atoms with E-state index in [2.05, 4.69) is 16.9 Å². The van der Waals surface area contributed by atoms with Crippen LogP contribution in [-0.2, 0) is 17.3 Å². The molecule has 1 amide bonds. The number of amides is 1. The number of anilines is 2. The van der Waals surface area contributed by atoms with Gasteiger partial charge in [0, 0.05) is 51.9 Å². The van der Waals surface area contributed by atoms with Gasteiger partial charge in [-0.05, 0) is 37.3 Å². The molecule has 196 valence electrons. The number of ketones is 1. The topological polar surface area (TPSA) is 92.0 Å². The van der Waals surface area contributed by atoms with Gasteiger partial charge in [0.25, 0.3) is 6.01 Å². The Bertz CT molecular complexity index is 1060. The van der Waals surface area contributed by atoms with E-state index in [0.29, 0.717) is 63.2 Å². The number of alkyl halides is 3. The summed E-state index contributed by atoms with van der Waals surface area (Å²) in [5, 5.41) is 0. The van der Waals surface area contributed by atoms with E-state index in [4.69, 9.17) is 9.15 Å². The van der Waals surface area contributed by atoms with Gasteiger partial charge in [-0.2, -0.15) is 18.2 Å². The Morgan fingerprint density at radius 2 is 1.78 bits per heavy atom. The minimum atomic E-state index is -4.80. The van der Waals surface area contributed by atoms with E-state index in [-0.39, 0.29) is 18.5 Å². The first kappa shape index (κ1) is 25.8. The van der Waals surface area contributed by atoms with Crippen molar-refractivity contribution in [2.24, 2.45) is 5.92 Å². The first-order valence-corrected chi connectivity index (χ1v) is 12.1. The fourth-order valence-electron chi connectivity index (χ4n) is 4.33. The monoisotopic (exact) mass is 509 g/mol. The number of hydrogen-bond acceptors (Lipinski definition) is 8. The van der Waals surface area contributed by atoms with Gasteiger partial charge in [0.15, 0.2) is 5.69 Å². The second-order valence-corrected chi connectivity index (χ2v) is 9.14. The molecule has 0 atom stereocenters. The minimum absolute atomic E-state index is 0.159. The summed E-state index contributed by atoms with van der Waals surface area (Å²) in [5.74, 6) is -0.428. The molecule has 2 aromatic rings. The number of Topliss-reactive ketones (excluding diaryl/α,β-unsaturated/α-hetero) is 1. The van der Waals surface area contributed by atoms with Gasteiger partial charge in [-0.3, -0.25) is 4.79 Å². The maximum absolute atomic E-state index is 13.6. The van der Waals surface area contributed by atoms with Crippen molar-refractivity contribution in [3.05, 3.63) is 35.3 Å². The van der Waals surface area contributed by atoms with Gasteiger partial charge in [-0.25, -0.2) is 9.78 Å². The van der Waals surface area contributed by atoms with Gasteiger partial charge in [0.05, 0.1) is 6.61 Å². The first-order valence-electron chi connectivity index (χ1n) is 12.1. The average molecular weight is 510 g/mol. The zero-order valence-electron chi connectivity index (χ0n) is 20.4. The minimum Gasteiger partial charge on any atom is -0.450 e. The molecule has 0 bridgehead atoms. The Morgan fingerprint density at radius 1 is 1.08 bits per heavy atom. The van der Waals surface area contributed by atoms with Crippen LogP contribution in [0, 0.1) is 5.92 Å². The second-order valence-electron chi connectivity index (χ2n) is 9.14. The molecule has 2 aliphatic heterocycles. The van der Waals surface area contributed by atoms with E-state index < -0.39 is 23.4 Å². The number of ether oxygens (including phenoxy) is 1. The first-order chi connectivity index (χ1) is 17.2. The van der Waals surface area contributed by atoms with Crippen LogP contribution in [0.3, 0.4) is 0 Å². The highest BCUT2D eigenvalue weighted by Crippen LogP contribution is 2.35. The molecular formula is C24H30F3N5O4.